The van der Waals surface area contributed by atoms with E-state index in [1.54, 1.807) is 0 Å². The lowest BCUT2D eigenvalue weighted by Gasteiger charge is -2.42. The molecule has 6 nitrogen and oxygen atoms in total. The van der Waals surface area contributed by atoms with E-state index in [4.69, 9.17) is 9.47 Å². The van der Waals surface area contributed by atoms with Crippen molar-refractivity contribution >= 4 is 55.0 Å². The summed E-state index contributed by atoms with van der Waals surface area (Å²) in [5.41, 5.74) is 4.29. The Morgan fingerprint density at radius 3 is 1.98 bits per heavy atom. The molecule has 1 aliphatic heterocycles. The van der Waals surface area contributed by atoms with Crippen molar-refractivity contribution in [2.75, 3.05) is 11.9 Å². The Balaban J connectivity index is 1.47. The van der Waals surface area contributed by atoms with Gasteiger partial charge in [0.15, 0.2) is 18.2 Å². The van der Waals surface area contributed by atoms with E-state index in [1.807, 2.05) is 44.2 Å². The summed E-state index contributed by atoms with van der Waals surface area (Å²) in [6, 6.07) is 9.65. The van der Waals surface area contributed by atoms with Crippen molar-refractivity contribution in [1.82, 2.24) is 0 Å². The highest BCUT2D eigenvalue weighted by Gasteiger charge is 2.48. The zero-order valence-electron chi connectivity index (χ0n) is 24.3. The maximum absolute atomic E-state index is 13.6. The van der Waals surface area contributed by atoms with Gasteiger partial charge >= 0.3 is 0 Å². The van der Waals surface area contributed by atoms with E-state index >= 15 is 0 Å². The SMILES string of the molecule is Cc1ccc(C)c(NC(=O)COc2c(Br)cc(C3C4=C(CC(C)(C)CC4=O)OC4=C3C(=O)CC(C)(C)C4)cc2Br)c1. The fraction of sp³-hybridized carbons (Fsp3) is 0.424. The molecule has 0 atom stereocenters. The Kier molecular flexibility index (Phi) is 7.88. The highest BCUT2D eigenvalue weighted by atomic mass is 79.9. The maximum atomic E-state index is 13.6. The molecule has 0 spiro atoms. The van der Waals surface area contributed by atoms with E-state index in [1.165, 1.54) is 0 Å². The Morgan fingerprint density at radius 1 is 0.902 bits per heavy atom. The number of halogens is 2. The minimum Gasteiger partial charge on any atom is -0.481 e. The van der Waals surface area contributed by atoms with Crippen LogP contribution in [-0.4, -0.2) is 24.1 Å². The van der Waals surface area contributed by atoms with Gasteiger partial charge in [-0.2, -0.15) is 0 Å². The zero-order valence-corrected chi connectivity index (χ0v) is 27.5. The van der Waals surface area contributed by atoms with Crippen molar-refractivity contribution in [2.45, 2.75) is 73.1 Å². The van der Waals surface area contributed by atoms with Crippen LogP contribution >= 0.6 is 31.9 Å². The molecule has 0 bridgehead atoms. The summed E-state index contributed by atoms with van der Waals surface area (Å²) in [5, 5.41) is 2.91. The average molecular weight is 685 g/mol. The molecule has 3 aliphatic rings. The van der Waals surface area contributed by atoms with Crippen molar-refractivity contribution in [1.29, 1.82) is 0 Å². The zero-order chi connectivity index (χ0) is 29.9. The third-order valence-corrected chi connectivity index (χ3v) is 9.13. The quantitative estimate of drug-likeness (QED) is 0.343. The number of allylic oxidation sites excluding steroid dienone is 4. The summed E-state index contributed by atoms with van der Waals surface area (Å²) in [4.78, 5) is 39.9. The molecule has 0 aromatic heterocycles. The van der Waals surface area contributed by atoms with Crippen LogP contribution < -0.4 is 10.1 Å². The summed E-state index contributed by atoms with van der Waals surface area (Å²) in [6.45, 7) is 12.0. The standard InChI is InChI=1S/C33H35Br2NO5/c1-17-7-8-18(2)22(9-17)36-27(39)16-40-31-20(34)10-19(11-21(31)35)28-29-23(37)12-32(3,4)14-25(29)41-26-15-33(5,6)13-24(38)30(26)28/h7-11,28H,12-16H2,1-6H3,(H,36,39). The first kappa shape index (κ1) is 29.8. The van der Waals surface area contributed by atoms with Gasteiger partial charge in [0.25, 0.3) is 5.91 Å². The van der Waals surface area contributed by atoms with Gasteiger partial charge in [0, 0.05) is 48.4 Å². The molecular formula is C33H35Br2NO5. The fourth-order valence-corrected chi connectivity index (χ4v) is 7.54. The van der Waals surface area contributed by atoms with E-state index in [2.05, 4.69) is 64.9 Å². The summed E-state index contributed by atoms with van der Waals surface area (Å²) in [6.07, 6.45) is 2.06. The molecule has 1 N–H and O–H groups in total. The number of hydrogen-bond donors (Lipinski definition) is 1. The monoisotopic (exact) mass is 683 g/mol. The number of hydrogen-bond acceptors (Lipinski definition) is 5. The molecule has 8 heteroatoms. The molecule has 41 heavy (non-hydrogen) atoms. The van der Waals surface area contributed by atoms with Gasteiger partial charge < -0.3 is 14.8 Å². The molecule has 0 saturated heterocycles. The molecule has 0 radical (unpaired) electrons. The van der Waals surface area contributed by atoms with Crippen LogP contribution in [-0.2, 0) is 19.1 Å². The number of benzene rings is 2. The number of aryl methyl sites for hydroxylation is 2. The molecule has 2 aliphatic carbocycles. The van der Waals surface area contributed by atoms with Crippen LogP contribution in [0.4, 0.5) is 5.69 Å². The summed E-state index contributed by atoms with van der Waals surface area (Å²) < 4.78 is 13.6. The number of carbonyl (C=O) groups is 3. The van der Waals surface area contributed by atoms with Gasteiger partial charge in [-0.25, -0.2) is 0 Å². The maximum Gasteiger partial charge on any atom is 0.262 e. The number of carbonyl (C=O) groups excluding carboxylic acids is 3. The first-order valence-corrected chi connectivity index (χ1v) is 15.4. The highest BCUT2D eigenvalue weighted by molar-refractivity contribution is 9.11. The number of rotatable bonds is 5. The Bertz CT molecular complexity index is 1470. The number of anilines is 1. The smallest absolute Gasteiger partial charge is 0.262 e. The number of Topliss-reactive ketones (excluding diaryl/α,β-unsaturated/α-hetero) is 2. The van der Waals surface area contributed by atoms with Gasteiger partial charge in [0.2, 0.25) is 0 Å². The van der Waals surface area contributed by atoms with E-state index in [-0.39, 0.29) is 34.9 Å². The van der Waals surface area contributed by atoms with Crippen LogP contribution in [0.15, 0.2) is 61.9 Å². The summed E-state index contributed by atoms with van der Waals surface area (Å²) in [7, 11) is 0. The second-order valence-corrected chi connectivity index (χ2v) is 14.8. The Hall–Kier alpha value is -2.71. The van der Waals surface area contributed by atoms with E-state index in [9.17, 15) is 14.4 Å². The van der Waals surface area contributed by atoms with Crippen LogP contribution in [0.5, 0.6) is 5.75 Å². The highest BCUT2D eigenvalue weighted by Crippen LogP contribution is 2.54. The Labute approximate surface area is 258 Å². The third kappa shape index (κ3) is 6.09. The van der Waals surface area contributed by atoms with Crippen LogP contribution in [0.1, 0.15) is 76.0 Å². The van der Waals surface area contributed by atoms with Crippen molar-refractivity contribution in [3.8, 4) is 5.75 Å². The predicted molar refractivity (Wildman–Crippen MR) is 166 cm³/mol. The number of amides is 1. The molecule has 0 unspecified atom stereocenters. The van der Waals surface area contributed by atoms with Crippen LogP contribution in [0.3, 0.4) is 0 Å². The second kappa shape index (κ2) is 10.8. The first-order valence-electron chi connectivity index (χ1n) is 13.8. The van der Waals surface area contributed by atoms with Crippen molar-refractivity contribution in [3.63, 3.8) is 0 Å². The van der Waals surface area contributed by atoms with Crippen molar-refractivity contribution in [3.05, 3.63) is 78.6 Å². The summed E-state index contributed by atoms with van der Waals surface area (Å²) in [5.74, 6) is 1.05. The first-order chi connectivity index (χ1) is 19.1. The van der Waals surface area contributed by atoms with Crippen LogP contribution in [0, 0.1) is 24.7 Å². The third-order valence-electron chi connectivity index (χ3n) is 7.95. The fourth-order valence-electron chi connectivity index (χ4n) is 6.09. The predicted octanol–water partition coefficient (Wildman–Crippen LogP) is 8.25. The molecule has 216 valence electrons. The summed E-state index contributed by atoms with van der Waals surface area (Å²) >= 11 is 7.25. The largest absolute Gasteiger partial charge is 0.481 e. The topological polar surface area (TPSA) is 81.7 Å². The molecular weight excluding hydrogens is 650 g/mol. The van der Waals surface area contributed by atoms with Gasteiger partial charge in [-0.05, 0) is 91.4 Å². The number of nitrogens with one attached hydrogen (secondary N) is 1. The Morgan fingerprint density at radius 2 is 1.44 bits per heavy atom. The molecule has 2 aromatic rings. The average Bonchev–Trinajstić information content (AvgIpc) is 2.82. The number of ether oxygens (including phenoxy) is 2. The van der Waals surface area contributed by atoms with Gasteiger partial charge in [-0.15, -0.1) is 0 Å². The van der Waals surface area contributed by atoms with Gasteiger partial charge in [0.05, 0.1) is 8.95 Å². The lowest BCUT2D eigenvalue weighted by molar-refractivity contribution is -0.120. The van der Waals surface area contributed by atoms with E-state index < -0.39 is 5.92 Å². The van der Waals surface area contributed by atoms with Crippen LogP contribution in [0.2, 0.25) is 0 Å². The van der Waals surface area contributed by atoms with Gasteiger partial charge in [0.1, 0.15) is 17.3 Å². The molecule has 1 heterocycles. The van der Waals surface area contributed by atoms with Crippen molar-refractivity contribution < 1.29 is 23.9 Å². The van der Waals surface area contributed by atoms with E-state index in [0.29, 0.717) is 63.0 Å². The normalized spacial score (nSPS) is 19.9. The minimum absolute atomic E-state index is 0.0149. The molecule has 1 amide bonds. The number of ketones is 2. The van der Waals surface area contributed by atoms with Crippen molar-refractivity contribution in [2.24, 2.45) is 10.8 Å². The van der Waals surface area contributed by atoms with E-state index in [0.717, 1.165) is 22.4 Å². The lowest BCUT2D eigenvalue weighted by Crippen LogP contribution is -2.37. The minimum atomic E-state index is -0.518. The lowest BCUT2D eigenvalue weighted by atomic mass is 9.65. The molecule has 0 fully saturated rings. The second-order valence-electron chi connectivity index (χ2n) is 13.1. The van der Waals surface area contributed by atoms with Gasteiger partial charge in [-0.3, -0.25) is 14.4 Å². The molecule has 0 saturated carbocycles. The van der Waals surface area contributed by atoms with Crippen LogP contribution in [0.25, 0.3) is 0 Å². The molecule has 5 rings (SSSR count). The molecule has 2 aromatic carbocycles. The van der Waals surface area contributed by atoms with Gasteiger partial charge in [-0.1, -0.05) is 39.8 Å².